The lowest BCUT2D eigenvalue weighted by molar-refractivity contribution is 0.0374. The number of hydrogen-bond acceptors (Lipinski definition) is 5. The van der Waals surface area contributed by atoms with Crippen molar-refractivity contribution < 1.29 is 19.0 Å². The normalized spacial score (nSPS) is 15.1. The molecule has 1 amide bonds. The van der Waals surface area contributed by atoms with Gasteiger partial charge in [0, 0.05) is 25.2 Å². The quantitative estimate of drug-likeness (QED) is 0.678. The topological polar surface area (TPSA) is 60.0 Å². The van der Waals surface area contributed by atoms with Crippen molar-refractivity contribution in [2.45, 2.75) is 13.3 Å². The molecule has 0 unspecified atom stereocenters. The van der Waals surface area contributed by atoms with Crippen LogP contribution in [0.4, 0.5) is 0 Å². The van der Waals surface area contributed by atoms with Gasteiger partial charge < -0.3 is 19.5 Å². The number of amides is 1. The number of halogens is 1. The standard InChI is InChI=1S/C17H25BrN2O4/c1-3-24-16-14(18)11-13(12-15(16)22-2)17(21)19-5-4-6-20-7-9-23-10-8-20/h11-12H,3-10H2,1-2H3,(H,19,21). The van der Waals surface area contributed by atoms with Crippen molar-refractivity contribution in [2.24, 2.45) is 0 Å². The Kier molecular flexibility index (Phi) is 7.81. The van der Waals surface area contributed by atoms with Crippen molar-refractivity contribution in [1.82, 2.24) is 10.2 Å². The molecule has 1 aromatic carbocycles. The third-order valence-corrected chi connectivity index (χ3v) is 4.41. The van der Waals surface area contributed by atoms with E-state index in [1.54, 1.807) is 19.2 Å². The molecule has 0 atom stereocenters. The van der Waals surface area contributed by atoms with Crippen molar-refractivity contribution in [2.75, 3.05) is 53.1 Å². The minimum Gasteiger partial charge on any atom is -0.493 e. The molecule has 0 aliphatic carbocycles. The Bertz CT molecular complexity index is 548. The van der Waals surface area contributed by atoms with E-state index >= 15 is 0 Å². The van der Waals surface area contributed by atoms with Crippen LogP contribution in [0.3, 0.4) is 0 Å². The summed E-state index contributed by atoms with van der Waals surface area (Å²) < 4.78 is 16.9. The number of rotatable bonds is 8. The van der Waals surface area contributed by atoms with Crippen LogP contribution in [-0.2, 0) is 4.74 Å². The third kappa shape index (κ3) is 5.36. The van der Waals surface area contributed by atoms with Gasteiger partial charge in [0.05, 0.1) is 31.4 Å². The van der Waals surface area contributed by atoms with Crippen molar-refractivity contribution in [3.8, 4) is 11.5 Å². The van der Waals surface area contributed by atoms with E-state index in [1.165, 1.54) is 0 Å². The van der Waals surface area contributed by atoms with E-state index < -0.39 is 0 Å². The van der Waals surface area contributed by atoms with Gasteiger partial charge in [0.15, 0.2) is 11.5 Å². The number of morpholine rings is 1. The highest BCUT2D eigenvalue weighted by Crippen LogP contribution is 2.36. The first-order valence-corrected chi connectivity index (χ1v) is 9.03. The highest BCUT2D eigenvalue weighted by molar-refractivity contribution is 9.10. The summed E-state index contributed by atoms with van der Waals surface area (Å²) in [6.07, 6.45) is 0.918. The summed E-state index contributed by atoms with van der Waals surface area (Å²) in [6, 6.07) is 3.46. The molecule has 2 rings (SSSR count). The molecule has 1 aliphatic rings. The van der Waals surface area contributed by atoms with Crippen molar-refractivity contribution >= 4 is 21.8 Å². The van der Waals surface area contributed by atoms with Crippen LogP contribution in [0, 0.1) is 0 Å². The average molecular weight is 401 g/mol. The number of methoxy groups -OCH3 is 1. The predicted octanol–water partition coefficient (Wildman–Crippen LogP) is 2.31. The van der Waals surface area contributed by atoms with E-state index in [1.807, 2.05) is 6.92 Å². The first kappa shape index (κ1) is 19.0. The summed E-state index contributed by atoms with van der Waals surface area (Å²) in [4.78, 5) is 14.7. The highest BCUT2D eigenvalue weighted by Gasteiger charge is 2.15. The van der Waals surface area contributed by atoms with Crippen LogP contribution >= 0.6 is 15.9 Å². The number of carbonyl (C=O) groups excluding carboxylic acids is 1. The predicted molar refractivity (Wildman–Crippen MR) is 96.1 cm³/mol. The van der Waals surface area contributed by atoms with E-state index in [0.29, 0.717) is 34.7 Å². The van der Waals surface area contributed by atoms with Crippen molar-refractivity contribution in [3.63, 3.8) is 0 Å². The fraction of sp³-hybridized carbons (Fsp3) is 0.588. The van der Waals surface area contributed by atoms with Gasteiger partial charge >= 0.3 is 0 Å². The lowest BCUT2D eigenvalue weighted by Gasteiger charge is -2.26. The molecule has 1 aliphatic heterocycles. The van der Waals surface area contributed by atoms with Crippen molar-refractivity contribution in [1.29, 1.82) is 0 Å². The Morgan fingerprint density at radius 2 is 2.12 bits per heavy atom. The molecule has 1 N–H and O–H groups in total. The Labute approximate surface area is 151 Å². The summed E-state index contributed by atoms with van der Waals surface area (Å²) >= 11 is 3.44. The lowest BCUT2D eigenvalue weighted by atomic mass is 10.2. The summed E-state index contributed by atoms with van der Waals surface area (Å²) in [5.74, 6) is 1.05. The van der Waals surface area contributed by atoms with Crippen LogP contribution in [0.1, 0.15) is 23.7 Å². The summed E-state index contributed by atoms with van der Waals surface area (Å²) in [6.45, 7) is 7.58. The van der Waals surface area contributed by atoms with E-state index in [9.17, 15) is 4.79 Å². The fourth-order valence-electron chi connectivity index (χ4n) is 2.57. The first-order valence-electron chi connectivity index (χ1n) is 8.24. The molecule has 0 saturated carbocycles. The molecule has 0 spiro atoms. The zero-order valence-corrected chi connectivity index (χ0v) is 15.9. The molecule has 6 nitrogen and oxygen atoms in total. The van der Waals surface area contributed by atoms with Crippen LogP contribution in [0.5, 0.6) is 11.5 Å². The highest BCUT2D eigenvalue weighted by atomic mass is 79.9. The van der Waals surface area contributed by atoms with Crippen LogP contribution in [0.2, 0.25) is 0 Å². The molecule has 134 valence electrons. The summed E-state index contributed by atoms with van der Waals surface area (Å²) in [5, 5.41) is 2.95. The zero-order valence-electron chi connectivity index (χ0n) is 14.3. The average Bonchev–Trinajstić information content (AvgIpc) is 2.61. The number of benzene rings is 1. The van der Waals surface area contributed by atoms with Gasteiger partial charge in [-0.3, -0.25) is 9.69 Å². The molecule has 1 aromatic rings. The first-order chi connectivity index (χ1) is 11.7. The molecule has 0 bridgehead atoms. The van der Waals surface area contributed by atoms with Crippen molar-refractivity contribution in [3.05, 3.63) is 22.2 Å². The van der Waals surface area contributed by atoms with Gasteiger partial charge in [0.25, 0.3) is 5.91 Å². The van der Waals surface area contributed by atoms with Gasteiger partial charge in [-0.05, 0) is 48.0 Å². The minimum absolute atomic E-state index is 0.112. The SMILES string of the molecule is CCOc1c(Br)cc(C(=O)NCCCN2CCOCC2)cc1OC. The number of hydrogen-bond donors (Lipinski definition) is 1. The van der Waals surface area contributed by atoms with E-state index in [-0.39, 0.29) is 5.91 Å². The monoisotopic (exact) mass is 400 g/mol. The van der Waals surface area contributed by atoms with Gasteiger partial charge in [-0.1, -0.05) is 0 Å². The molecular weight excluding hydrogens is 376 g/mol. The maximum absolute atomic E-state index is 12.3. The summed E-state index contributed by atoms with van der Waals surface area (Å²) in [5.41, 5.74) is 0.550. The fourth-order valence-corrected chi connectivity index (χ4v) is 3.12. The smallest absolute Gasteiger partial charge is 0.251 e. The molecule has 0 radical (unpaired) electrons. The minimum atomic E-state index is -0.112. The van der Waals surface area contributed by atoms with Crippen LogP contribution in [-0.4, -0.2) is 63.9 Å². The number of nitrogens with one attached hydrogen (secondary N) is 1. The molecule has 7 heteroatoms. The Morgan fingerprint density at radius 1 is 1.38 bits per heavy atom. The zero-order chi connectivity index (χ0) is 17.4. The van der Waals surface area contributed by atoms with E-state index in [2.05, 4.69) is 26.1 Å². The Morgan fingerprint density at radius 3 is 2.79 bits per heavy atom. The second kappa shape index (κ2) is 9.86. The number of ether oxygens (including phenoxy) is 3. The van der Waals surface area contributed by atoms with Gasteiger partial charge in [0.2, 0.25) is 0 Å². The second-order valence-electron chi connectivity index (χ2n) is 5.49. The molecular formula is C17H25BrN2O4. The molecule has 0 aromatic heterocycles. The van der Waals surface area contributed by atoms with Crippen LogP contribution < -0.4 is 14.8 Å². The lowest BCUT2D eigenvalue weighted by Crippen LogP contribution is -2.38. The maximum atomic E-state index is 12.3. The Hall–Kier alpha value is -1.31. The van der Waals surface area contributed by atoms with Crippen LogP contribution in [0.25, 0.3) is 0 Å². The number of carbonyl (C=O) groups is 1. The largest absolute Gasteiger partial charge is 0.493 e. The number of nitrogens with zero attached hydrogens (tertiary/aromatic N) is 1. The Balaban J connectivity index is 1.86. The van der Waals surface area contributed by atoms with Gasteiger partial charge in [-0.25, -0.2) is 0 Å². The molecule has 1 fully saturated rings. The van der Waals surface area contributed by atoms with Gasteiger partial charge in [0.1, 0.15) is 0 Å². The second-order valence-corrected chi connectivity index (χ2v) is 6.34. The third-order valence-electron chi connectivity index (χ3n) is 3.82. The van der Waals surface area contributed by atoms with Gasteiger partial charge in [-0.2, -0.15) is 0 Å². The maximum Gasteiger partial charge on any atom is 0.251 e. The van der Waals surface area contributed by atoms with E-state index in [4.69, 9.17) is 14.2 Å². The van der Waals surface area contributed by atoms with Crippen LogP contribution in [0.15, 0.2) is 16.6 Å². The summed E-state index contributed by atoms with van der Waals surface area (Å²) in [7, 11) is 1.56. The van der Waals surface area contributed by atoms with Gasteiger partial charge in [-0.15, -0.1) is 0 Å². The molecule has 1 saturated heterocycles. The molecule has 1 heterocycles. The molecule has 24 heavy (non-hydrogen) atoms. The van der Waals surface area contributed by atoms with E-state index in [0.717, 1.165) is 39.3 Å².